The summed E-state index contributed by atoms with van der Waals surface area (Å²) >= 11 is 0. The second-order valence-electron chi connectivity index (χ2n) is 15.4. The molecule has 0 aromatic carbocycles. The lowest BCUT2D eigenvalue weighted by Crippen LogP contribution is -2.46. The van der Waals surface area contributed by atoms with Crippen LogP contribution in [0.5, 0.6) is 0 Å². The molecule has 0 aromatic heterocycles. The molecule has 0 aliphatic heterocycles. The normalized spacial score (nSPS) is 13.8. The molecule has 314 valence electrons. The maximum atomic E-state index is 13.1. The Morgan fingerprint density at radius 3 is 1.48 bits per heavy atom. The standard InChI is InChI=1S/C48H87NO5/c1-4-7-10-13-16-19-22-23-24-26-27-30-33-36-39-44(54-48(53)41-38-35-32-29-21-18-15-12-9-6-3)42-47(52)49-45(43-50)46(51)40-37-34-31-28-25-20-17-14-11-8-5-2/h7,10,16,19,23-24,27,30,44-46,50-51H,4-6,8-9,11-15,17-18,20-22,25-26,28-29,31-43H2,1-3H3,(H,49,52)/b10-7+,19-16+,24-23+,30-27+. The summed E-state index contributed by atoms with van der Waals surface area (Å²) in [5, 5.41) is 23.6. The molecule has 0 spiro atoms. The first-order chi connectivity index (χ1) is 26.5. The summed E-state index contributed by atoms with van der Waals surface area (Å²) in [6.45, 7) is 6.32. The van der Waals surface area contributed by atoms with Gasteiger partial charge >= 0.3 is 5.97 Å². The fourth-order valence-corrected chi connectivity index (χ4v) is 6.72. The van der Waals surface area contributed by atoms with Crippen LogP contribution >= 0.6 is 0 Å². The molecule has 0 bridgehead atoms. The molecular weight excluding hydrogens is 671 g/mol. The van der Waals surface area contributed by atoms with Crippen LogP contribution in [0.3, 0.4) is 0 Å². The number of aliphatic hydroxyl groups is 2. The van der Waals surface area contributed by atoms with E-state index in [1.54, 1.807) is 0 Å². The largest absolute Gasteiger partial charge is 0.462 e. The van der Waals surface area contributed by atoms with Gasteiger partial charge in [0, 0.05) is 6.42 Å². The van der Waals surface area contributed by atoms with Gasteiger partial charge < -0.3 is 20.3 Å². The van der Waals surface area contributed by atoms with Gasteiger partial charge in [0.05, 0.1) is 25.2 Å². The molecule has 0 aliphatic carbocycles. The highest BCUT2D eigenvalue weighted by Gasteiger charge is 2.24. The van der Waals surface area contributed by atoms with Crippen LogP contribution in [0.1, 0.15) is 220 Å². The highest BCUT2D eigenvalue weighted by atomic mass is 16.5. The van der Waals surface area contributed by atoms with E-state index in [1.165, 1.54) is 96.3 Å². The van der Waals surface area contributed by atoms with Gasteiger partial charge in [0.1, 0.15) is 6.10 Å². The van der Waals surface area contributed by atoms with Gasteiger partial charge in [-0.25, -0.2) is 0 Å². The number of ether oxygens (including phenoxy) is 1. The van der Waals surface area contributed by atoms with Crippen molar-refractivity contribution >= 4 is 11.9 Å². The van der Waals surface area contributed by atoms with E-state index < -0.39 is 18.2 Å². The minimum absolute atomic E-state index is 0.0413. The van der Waals surface area contributed by atoms with Crippen molar-refractivity contribution in [1.29, 1.82) is 0 Å². The Hall–Kier alpha value is -2.18. The third kappa shape index (κ3) is 36.8. The number of amides is 1. The number of aliphatic hydroxyl groups excluding tert-OH is 2. The van der Waals surface area contributed by atoms with E-state index in [0.29, 0.717) is 19.3 Å². The van der Waals surface area contributed by atoms with E-state index >= 15 is 0 Å². The lowest BCUT2D eigenvalue weighted by atomic mass is 10.0. The molecule has 0 heterocycles. The van der Waals surface area contributed by atoms with Crippen molar-refractivity contribution in [2.75, 3.05) is 6.61 Å². The molecule has 0 saturated carbocycles. The quantitative estimate of drug-likeness (QED) is 0.0329. The molecule has 0 radical (unpaired) electrons. The van der Waals surface area contributed by atoms with E-state index in [-0.39, 0.29) is 24.9 Å². The van der Waals surface area contributed by atoms with Crippen LogP contribution in [0.15, 0.2) is 48.6 Å². The molecular formula is C48H87NO5. The molecule has 1 amide bonds. The number of unbranched alkanes of at least 4 members (excludes halogenated alkanes) is 20. The van der Waals surface area contributed by atoms with Gasteiger partial charge in [0.25, 0.3) is 0 Å². The van der Waals surface area contributed by atoms with E-state index in [2.05, 4.69) is 74.7 Å². The lowest BCUT2D eigenvalue weighted by Gasteiger charge is -2.24. The highest BCUT2D eigenvalue weighted by molar-refractivity contribution is 5.77. The van der Waals surface area contributed by atoms with Gasteiger partial charge in [-0.15, -0.1) is 0 Å². The number of rotatable bonds is 40. The molecule has 3 N–H and O–H groups in total. The molecule has 0 aliphatic rings. The van der Waals surface area contributed by atoms with Crippen LogP contribution in [0, 0.1) is 0 Å². The smallest absolute Gasteiger partial charge is 0.306 e. The Balaban J connectivity index is 4.69. The fraction of sp³-hybridized carbons (Fsp3) is 0.792. The second-order valence-corrected chi connectivity index (χ2v) is 15.4. The second kappa shape index (κ2) is 42.0. The summed E-state index contributed by atoms with van der Waals surface area (Å²) in [5.74, 6) is -0.529. The minimum atomic E-state index is -0.798. The molecule has 6 nitrogen and oxygen atoms in total. The number of nitrogens with one attached hydrogen (secondary N) is 1. The van der Waals surface area contributed by atoms with Crippen LogP contribution in [-0.4, -0.2) is 46.9 Å². The first kappa shape index (κ1) is 51.8. The van der Waals surface area contributed by atoms with Crippen molar-refractivity contribution in [3.8, 4) is 0 Å². The van der Waals surface area contributed by atoms with Crippen LogP contribution in [0.2, 0.25) is 0 Å². The number of esters is 1. The van der Waals surface area contributed by atoms with Crippen LogP contribution in [0.4, 0.5) is 0 Å². The summed E-state index contributed by atoms with van der Waals surface area (Å²) < 4.78 is 5.87. The molecule has 3 unspecified atom stereocenters. The predicted molar refractivity (Wildman–Crippen MR) is 232 cm³/mol. The summed E-state index contributed by atoms with van der Waals surface area (Å²) in [5.41, 5.74) is 0. The van der Waals surface area contributed by atoms with Gasteiger partial charge in [0.15, 0.2) is 0 Å². The van der Waals surface area contributed by atoms with E-state index in [1.807, 2.05) is 0 Å². The fourth-order valence-electron chi connectivity index (χ4n) is 6.72. The summed E-state index contributed by atoms with van der Waals surface area (Å²) in [6, 6.07) is -0.715. The van der Waals surface area contributed by atoms with Crippen LogP contribution in [-0.2, 0) is 14.3 Å². The highest BCUT2D eigenvalue weighted by Crippen LogP contribution is 2.17. The molecule has 3 atom stereocenters. The molecule has 0 rings (SSSR count). The maximum absolute atomic E-state index is 13.1. The van der Waals surface area contributed by atoms with Crippen LogP contribution < -0.4 is 5.32 Å². The lowest BCUT2D eigenvalue weighted by molar-refractivity contribution is -0.151. The third-order valence-corrected chi connectivity index (χ3v) is 10.2. The Morgan fingerprint density at radius 2 is 1.00 bits per heavy atom. The summed E-state index contributed by atoms with van der Waals surface area (Å²) in [7, 11) is 0. The zero-order valence-electron chi connectivity index (χ0n) is 35.6. The van der Waals surface area contributed by atoms with Gasteiger partial charge in [-0.2, -0.15) is 0 Å². The molecule has 0 fully saturated rings. The molecule has 54 heavy (non-hydrogen) atoms. The van der Waals surface area contributed by atoms with Crippen molar-refractivity contribution in [3.05, 3.63) is 48.6 Å². The van der Waals surface area contributed by atoms with E-state index in [9.17, 15) is 19.8 Å². The van der Waals surface area contributed by atoms with Crippen molar-refractivity contribution in [2.24, 2.45) is 0 Å². The minimum Gasteiger partial charge on any atom is -0.462 e. The Kier molecular flexibility index (Phi) is 40.3. The first-order valence-electron chi connectivity index (χ1n) is 22.9. The monoisotopic (exact) mass is 758 g/mol. The number of carbonyl (C=O) groups excluding carboxylic acids is 2. The average Bonchev–Trinajstić information content (AvgIpc) is 3.16. The van der Waals surface area contributed by atoms with Gasteiger partial charge in [-0.05, 0) is 57.8 Å². The average molecular weight is 758 g/mol. The topological polar surface area (TPSA) is 95.9 Å². The maximum Gasteiger partial charge on any atom is 0.306 e. The third-order valence-electron chi connectivity index (χ3n) is 10.2. The Morgan fingerprint density at radius 1 is 0.556 bits per heavy atom. The number of hydrogen-bond acceptors (Lipinski definition) is 5. The zero-order valence-corrected chi connectivity index (χ0v) is 35.6. The van der Waals surface area contributed by atoms with Gasteiger partial charge in [-0.1, -0.05) is 198 Å². The Labute approximate surface area is 334 Å². The Bertz CT molecular complexity index is 941. The predicted octanol–water partition coefficient (Wildman–Crippen LogP) is 13.1. The number of carbonyl (C=O) groups is 2. The summed E-state index contributed by atoms with van der Waals surface area (Å²) in [6.07, 6.45) is 48.9. The SMILES string of the molecule is CC/C=C/C/C=C/C/C=C/C/C=C/CCCC(CC(=O)NC(CO)C(O)CCCCCCCCCCCCC)OC(=O)CCCCCCCCCCCC. The van der Waals surface area contributed by atoms with Gasteiger partial charge in [-0.3, -0.25) is 9.59 Å². The van der Waals surface area contributed by atoms with Crippen molar-refractivity contribution in [1.82, 2.24) is 5.32 Å². The first-order valence-corrected chi connectivity index (χ1v) is 22.9. The number of allylic oxidation sites excluding steroid dienone is 8. The molecule has 0 saturated heterocycles. The van der Waals surface area contributed by atoms with E-state index in [4.69, 9.17) is 4.74 Å². The van der Waals surface area contributed by atoms with Gasteiger partial charge in [0.2, 0.25) is 5.91 Å². The van der Waals surface area contributed by atoms with Crippen LogP contribution in [0.25, 0.3) is 0 Å². The van der Waals surface area contributed by atoms with Crippen molar-refractivity contribution in [2.45, 2.75) is 238 Å². The zero-order chi connectivity index (χ0) is 39.6. The molecule has 0 aromatic rings. The molecule has 6 heteroatoms. The summed E-state index contributed by atoms with van der Waals surface area (Å²) in [4.78, 5) is 25.9. The van der Waals surface area contributed by atoms with Crippen molar-refractivity contribution in [3.63, 3.8) is 0 Å². The van der Waals surface area contributed by atoms with Crippen molar-refractivity contribution < 1.29 is 24.5 Å². The number of hydrogen-bond donors (Lipinski definition) is 3. The van der Waals surface area contributed by atoms with E-state index in [0.717, 1.165) is 77.0 Å².